The van der Waals surface area contributed by atoms with Gasteiger partial charge in [0, 0.05) is 6.04 Å². The quantitative estimate of drug-likeness (QED) is 0.741. The lowest BCUT2D eigenvalue weighted by molar-refractivity contribution is -0.140. The molecule has 0 radical (unpaired) electrons. The number of hydrogen-bond donors (Lipinski definition) is 1. The number of alkyl halides is 3. The Kier molecular flexibility index (Phi) is 2.66. The summed E-state index contributed by atoms with van der Waals surface area (Å²) in [6.45, 7) is 0. The molecule has 1 aliphatic carbocycles. The second-order valence-corrected chi connectivity index (χ2v) is 4.08. The third-order valence-corrected chi connectivity index (χ3v) is 3.05. The van der Waals surface area contributed by atoms with Gasteiger partial charge in [0.25, 0.3) is 0 Å². The summed E-state index contributed by atoms with van der Waals surface area (Å²) < 4.78 is 50.1. The first-order chi connectivity index (χ1) is 7.39. The maximum absolute atomic E-state index is 13.2. The number of rotatable bonds is 1. The molecule has 5 heteroatoms. The van der Waals surface area contributed by atoms with Crippen LogP contribution in [0, 0.1) is 5.82 Å². The Morgan fingerprint density at radius 3 is 2.25 bits per heavy atom. The van der Waals surface area contributed by atoms with E-state index in [0.717, 1.165) is 25.0 Å². The summed E-state index contributed by atoms with van der Waals surface area (Å²) in [7, 11) is 0. The Balaban J connectivity index is 2.29. The molecule has 0 aromatic heterocycles. The van der Waals surface area contributed by atoms with Crippen LogP contribution in [0.5, 0.6) is 0 Å². The second-order valence-electron chi connectivity index (χ2n) is 4.08. The summed E-state index contributed by atoms with van der Waals surface area (Å²) in [5, 5.41) is 0. The molecular weight excluding hydrogens is 222 g/mol. The van der Waals surface area contributed by atoms with Crippen molar-refractivity contribution in [3.05, 3.63) is 35.1 Å². The molecule has 0 spiro atoms. The molecule has 0 aliphatic heterocycles. The molecule has 0 saturated heterocycles. The summed E-state index contributed by atoms with van der Waals surface area (Å²) in [6.07, 6.45) is -2.98. The summed E-state index contributed by atoms with van der Waals surface area (Å²) in [4.78, 5) is 0. The number of benzene rings is 1. The summed E-state index contributed by atoms with van der Waals surface area (Å²) in [5.41, 5.74) is 5.03. The molecule has 1 aliphatic rings. The lowest BCUT2D eigenvalue weighted by atomic mass is 9.75. The third-order valence-electron chi connectivity index (χ3n) is 3.05. The van der Waals surface area contributed by atoms with E-state index in [4.69, 9.17) is 5.73 Å². The molecule has 1 saturated carbocycles. The van der Waals surface area contributed by atoms with Crippen molar-refractivity contribution in [1.82, 2.24) is 0 Å². The average Bonchev–Trinajstić information content (AvgIpc) is 2.13. The molecule has 0 bridgehead atoms. The van der Waals surface area contributed by atoms with Crippen LogP contribution in [0.25, 0.3) is 0 Å². The highest BCUT2D eigenvalue weighted by Gasteiger charge is 2.35. The molecule has 2 N–H and O–H groups in total. The van der Waals surface area contributed by atoms with Gasteiger partial charge in [0.15, 0.2) is 0 Å². The zero-order valence-corrected chi connectivity index (χ0v) is 8.39. The normalized spacial score (nSPS) is 25.3. The van der Waals surface area contributed by atoms with Crippen LogP contribution in [-0.2, 0) is 6.18 Å². The maximum Gasteiger partial charge on any atom is 0.419 e. The third kappa shape index (κ3) is 1.91. The van der Waals surface area contributed by atoms with Crippen LogP contribution in [0.3, 0.4) is 0 Å². The van der Waals surface area contributed by atoms with Gasteiger partial charge in [0.05, 0.1) is 5.56 Å². The van der Waals surface area contributed by atoms with Crippen LogP contribution in [0.2, 0.25) is 0 Å². The Labute approximate surface area is 90.3 Å². The molecule has 1 aromatic rings. The van der Waals surface area contributed by atoms with E-state index >= 15 is 0 Å². The van der Waals surface area contributed by atoms with E-state index in [1.54, 1.807) is 0 Å². The number of nitrogens with two attached hydrogens (primary N) is 1. The minimum Gasteiger partial charge on any atom is -0.327 e. The van der Waals surface area contributed by atoms with Crippen molar-refractivity contribution in [2.45, 2.75) is 31.0 Å². The maximum atomic E-state index is 13.2. The van der Waals surface area contributed by atoms with Crippen LogP contribution in [0.1, 0.15) is 29.9 Å². The zero-order valence-electron chi connectivity index (χ0n) is 8.39. The molecule has 1 nitrogen and oxygen atoms in total. The lowest BCUT2D eigenvalue weighted by Gasteiger charge is -2.34. The van der Waals surface area contributed by atoms with Crippen LogP contribution >= 0.6 is 0 Å². The molecule has 0 heterocycles. The van der Waals surface area contributed by atoms with Crippen molar-refractivity contribution in [2.24, 2.45) is 5.73 Å². The zero-order chi connectivity index (χ0) is 11.9. The van der Waals surface area contributed by atoms with E-state index in [9.17, 15) is 17.6 Å². The van der Waals surface area contributed by atoms with Crippen molar-refractivity contribution in [2.75, 3.05) is 0 Å². The van der Waals surface area contributed by atoms with E-state index < -0.39 is 17.6 Å². The van der Waals surface area contributed by atoms with Crippen LogP contribution in [0.4, 0.5) is 17.6 Å². The van der Waals surface area contributed by atoms with Gasteiger partial charge in [-0.05, 0) is 36.5 Å². The molecule has 88 valence electrons. The van der Waals surface area contributed by atoms with Crippen molar-refractivity contribution >= 4 is 0 Å². The van der Waals surface area contributed by atoms with Crippen LogP contribution < -0.4 is 5.73 Å². The largest absolute Gasteiger partial charge is 0.419 e. The predicted octanol–water partition coefficient (Wildman–Crippen LogP) is 3.05. The van der Waals surface area contributed by atoms with Crippen molar-refractivity contribution in [3.8, 4) is 0 Å². The first-order valence-corrected chi connectivity index (χ1v) is 5.02. The fourth-order valence-electron chi connectivity index (χ4n) is 1.93. The molecule has 16 heavy (non-hydrogen) atoms. The van der Waals surface area contributed by atoms with Gasteiger partial charge in [0.1, 0.15) is 5.82 Å². The molecule has 2 atom stereocenters. The monoisotopic (exact) mass is 233 g/mol. The highest BCUT2D eigenvalue weighted by atomic mass is 19.4. The Bertz CT molecular complexity index is 399. The van der Waals surface area contributed by atoms with Crippen LogP contribution in [0.15, 0.2) is 18.2 Å². The topological polar surface area (TPSA) is 26.0 Å². The van der Waals surface area contributed by atoms with Crippen molar-refractivity contribution in [3.63, 3.8) is 0 Å². The molecule has 0 amide bonds. The fourth-order valence-corrected chi connectivity index (χ4v) is 1.93. The lowest BCUT2D eigenvalue weighted by Crippen LogP contribution is -2.37. The predicted molar refractivity (Wildman–Crippen MR) is 51.4 cm³/mol. The first-order valence-electron chi connectivity index (χ1n) is 5.02. The average molecular weight is 233 g/mol. The summed E-state index contributed by atoms with van der Waals surface area (Å²) in [6, 6.07) is 2.99. The Morgan fingerprint density at radius 1 is 1.19 bits per heavy atom. The molecule has 1 fully saturated rings. The highest BCUT2D eigenvalue weighted by molar-refractivity contribution is 5.31. The Hall–Kier alpha value is -1.10. The fraction of sp³-hybridized carbons (Fsp3) is 0.455. The minimum atomic E-state index is -4.63. The van der Waals surface area contributed by atoms with E-state index in [2.05, 4.69) is 0 Å². The van der Waals surface area contributed by atoms with Gasteiger partial charge in [-0.1, -0.05) is 6.07 Å². The van der Waals surface area contributed by atoms with Gasteiger partial charge in [0.2, 0.25) is 0 Å². The van der Waals surface area contributed by atoms with Gasteiger partial charge in [-0.3, -0.25) is 0 Å². The van der Waals surface area contributed by atoms with Crippen molar-refractivity contribution < 1.29 is 17.6 Å². The van der Waals surface area contributed by atoms with Crippen LogP contribution in [-0.4, -0.2) is 6.04 Å². The van der Waals surface area contributed by atoms with Gasteiger partial charge >= 0.3 is 6.18 Å². The summed E-state index contributed by atoms with van der Waals surface area (Å²) in [5.74, 6) is -1.22. The summed E-state index contributed by atoms with van der Waals surface area (Å²) >= 11 is 0. The Morgan fingerprint density at radius 2 is 1.88 bits per heavy atom. The van der Waals surface area contributed by atoms with Gasteiger partial charge in [-0.15, -0.1) is 0 Å². The van der Waals surface area contributed by atoms with E-state index in [0.29, 0.717) is 5.56 Å². The van der Waals surface area contributed by atoms with E-state index in [1.165, 1.54) is 6.07 Å². The highest BCUT2D eigenvalue weighted by Crippen LogP contribution is 2.38. The van der Waals surface area contributed by atoms with E-state index in [1.807, 2.05) is 0 Å². The minimum absolute atomic E-state index is 0.00298. The van der Waals surface area contributed by atoms with E-state index in [-0.39, 0.29) is 12.0 Å². The SMILES string of the molecule is NC1CCC1c1ccc(C(F)(F)F)c(F)c1. The first kappa shape index (κ1) is 11.4. The molecule has 2 unspecified atom stereocenters. The molecule has 2 rings (SSSR count). The molecular formula is C11H11F4N. The van der Waals surface area contributed by atoms with Crippen molar-refractivity contribution in [1.29, 1.82) is 0 Å². The standard InChI is InChI=1S/C11H11F4N/c12-9-5-6(7-2-4-10(7)16)1-3-8(9)11(13,14)15/h1,3,5,7,10H,2,4,16H2. The smallest absolute Gasteiger partial charge is 0.327 e. The van der Waals surface area contributed by atoms with Gasteiger partial charge in [-0.25, -0.2) is 4.39 Å². The second kappa shape index (κ2) is 3.73. The number of halogens is 4. The van der Waals surface area contributed by atoms with Gasteiger partial charge < -0.3 is 5.73 Å². The molecule has 1 aromatic carbocycles. The number of hydrogen-bond acceptors (Lipinski definition) is 1. The van der Waals surface area contributed by atoms with Gasteiger partial charge in [-0.2, -0.15) is 13.2 Å².